The second-order valence-corrected chi connectivity index (χ2v) is 6.38. The molecule has 4 atom stereocenters. The van der Waals surface area contributed by atoms with Crippen molar-refractivity contribution >= 4 is 0 Å². The van der Waals surface area contributed by atoms with E-state index in [1.807, 2.05) is 0 Å². The third kappa shape index (κ3) is 3.03. The Labute approximate surface area is 107 Å². The third-order valence-electron chi connectivity index (χ3n) is 5.10. The van der Waals surface area contributed by atoms with Crippen molar-refractivity contribution in [2.45, 2.75) is 84.0 Å². The first-order valence-corrected chi connectivity index (χ1v) is 7.61. The lowest BCUT2D eigenvalue weighted by atomic mass is 10.2. The van der Waals surface area contributed by atoms with Gasteiger partial charge in [0, 0.05) is 24.2 Å². The van der Waals surface area contributed by atoms with Crippen LogP contribution in [-0.2, 0) is 0 Å². The normalized spacial score (nSPS) is 40.2. The van der Waals surface area contributed by atoms with Crippen LogP contribution in [0.4, 0.5) is 0 Å². The summed E-state index contributed by atoms with van der Waals surface area (Å²) in [6.07, 6.45) is 6.95. The minimum absolute atomic E-state index is 0.818. The van der Waals surface area contributed by atoms with Crippen LogP contribution >= 0.6 is 0 Å². The van der Waals surface area contributed by atoms with Crippen LogP contribution in [0.25, 0.3) is 0 Å². The summed E-state index contributed by atoms with van der Waals surface area (Å²) in [5, 5.41) is 0. The summed E-state index contributed by atoms with van der Waals surface area (Å²) in [5.74, 6) is 0. The van der Waals surface area contributed by atoms with E-state index in [4.69, 9.17) is 0 Å². The molecule has 0 aromatic carbocycles. The zero-order valence-electron chi connectivity index (χ0n) is 12.2. The Morgan fingerprint density at radius 1 is 0.647 bits per heavy atom. The number of hydrogen-bond donors (Lipinski definition) is 0. The molecule has 0 radical (unpaired) electrons. The first kappa shape index (κ1) is 13.4. The summed E-state index contributed by atoms with van der Waals surface area (Å²) in [5.41, 5.74) is 0. The highest BCUT2D eigenvalue weighted by atomic mass is 15.2. The number of likely N-dealkylation sites (tertiary alicyclic amines) is 2. The molecule has 2 heterocycles. The monoisotopic (exact) mass is 238 g/mol. The molecule has 2 rings (SSSR count). The Morgan fingerprint density at radius 2 is 0.941 bits per heavy atom. The summed E-state index contributed by atoms with van der Waals surface area (Å²) in [6, 6.07) is 3.27. The van der Waals surface area contributed by atoms with Crippen molar-refractivity contribution in [1.29, 1.82) is 0 Å². The Balaban J connectivity index is 1.72. The molecule has 0 amide bonds. The predicted octanol–water partition coefficient (Wildman–Crippen LogP) is 3.12. The van der Waals surface area contributed by atoms with Crippen LogP contribution < -0.4 is 0 Å². The van der Waals surface area contributed by atoms with E-state index >= 15 is 0 Å². The first-order chi connectivity index (χ1) is 8.09. The van der Waals surface area contributed by atoms with Gasteiger partial charge in [-0.2, -0.15) is 0 Å². The Kier molecular flexibility index (Phi) is 4.48. The van der Waals surface area contributed by atoms with Gasteiger partial charge in [0.05, 0.1) is 0 Å². The smallest absolute Gasteiger partial charge is 0.00703 e. The molecule has 0 aromatic heterocycles. The molecule has 2 saturated heterocycles. The van der Waals surface area contributed by atoms with Crippen LogP contribution in [0.1, 0.15) is 59.8 Å². The predicted molar refractivity (Wildman–Crippen MR) is 74.3 cm³/mol. The van der Waals surface area contributed by atoms with Crippen LogP contribution in [0.15, 0.2) is 0 Å². The molecule has 0 N–H and O–H groups in total. The second-order valence-electron chi connectivity index (χ2n) is 6.38. The van der Waals surface area contributed by atoms with Gasteiger partial charge in [-0.15, -0.1) is 0 Å². The van der Waals surface area contributed by atoms with Crippen LogP contribution in [0.3, 0.4) is 0 Å². The largest absolute Gasteiger partial charge is 0.298 e. The highest BCUT2D eigenvalue weighted by Gasteiger charge is 2.29. The Morgan fingerprint density at radius 3 is 1.24 bits per heavy atom. The lowest BCUT2D eigenvalue weighted by Gasteiger charge is -2.29. The van der Waals surface area contributed by atoms with Gasteiger partial charge in [-0.05, 0) is 72.9 Å². The maximum Gasteiger partial charge on any atom is 0.00703 e. The minimum Gasteiger partial charge on any atom is -0.298 e. The van der Waals surface area contributed by atoms with Crippen molar-refractivity contribution in [2.24, 2.45) is 0 Å². The van der Waals surface area contributed by atoms with Gasteiger partial charge in [0.1, 0.15) is 0 Å². The summed E-state index contributed by atoms with van der Waals surface area (Å²) < 4.78 is 0. The fraction of sp³-hybridized carbons (Fsp3) is 1.00. The average molecular weight is 238 g/mol. The molecule has 2 fully saturated rings. The highest BCUT2D eigenvalue weighted by molar-refractivity contribution is 4.84. The summed E-state index contributed by atoms with van der Waals surface area (Å²) in [7, 11) is 0. The molecule has 2 nitrogen and oxygen atoms in total. The molecule has 0 saturated carbocycles. The van der Waals surface area contributed by atoms with E-state index in [9.17, 15) is 0 Å². The van der Waals surface area contributed by atoms with E-state index in [0.717, 1.165) is 24.2 Å². The topological polar surface area (TPSA) is 6.48 Å². The maximum atomic E-state index is 2.71. The highest BCUT2D eigenvalue weighted by Crippen LogP contribution is 2.25. The van der Waals surface area contributed by atoms with Gasteiger partial charge in [0.25, 0.3) is 0 Å². The summed E-state index contributed by atoms with van der Waals surface area (Å²) >= 11 is 0. The molecule has 100 valence electrons. The average Bonchev–Trinajstić information content (AvgIpc) is 2.77. The maximum absolute atomic E-state index is 2.71. The van der Waals surface area contributed by atoms with Gasteiger partial charge in [-0.1, -0.05) is 0 Å². The molecular weight excluding hydrogens is 208 g/mol. The number of rotatable bonds is 4. The first-order valence-electron chi connectivity index (χ1n) is 7.61. The van der Waals surface area contributed by atoms with Gasteiger partial charge in [0.15, 0.2) is 0 Å². The number of hydrogen-bond acceptors (Lipinski definition) is 2. The van der Waals surface area contributed by atoms with E-state index in [2.05, 4.69) is 37.5 Å². The Hall–Kier alpha value is -0.0800. The molecule has 2 aliphatic rings. The molecule has 2 aliphatic heterocycles. The zero-order chi connectivity index (χ0) is 12.4. The Bertz CT molecular complexity index is 197. The SMILES string of the molecule is CC1CCC(C)N1CCCN1C(C)CCC1C. The van der Waals surface area contributed by atoms with Gasteiger partial charge in [-0.3, -0.25) is 9.80 Å². The molecule has 2 heteroatoms. The lowest BCUT2D eigenvalue weighted by molar-refractivity contribution is 0.170. The second kappa shape index (κ2) is 5.71. The summed E-state index contributed by atoms with van der Waals surface area (Å²) in [6.45, 7) is 12.2. The van der Waals surface area contributed by atoms with Gasteiger partial charge >= 0.3 is 0 Å². The van der Waals surface area contributed by atoms with Gasteiger partial charge in [0.2, 0.25) is 0 Å². The van der Waals surface area contributed by atoms with Crippen LogP contribution in [-0.4, -0.2) is 47.1 Å². The number of nitrogens with zero attached hydrogens (tertiary/aromatic N) is 2. The minimum atomic E-state index is 0.818. The van der Waals surface area contributed by atoms with Gasteiger partial charge < -0.3 is 0 Å². The van der Waals surface area contributed by atoms with Crippen molar-refractivity contribution < 1.29 is 0 Å². The molecule has 0 spiro atoms. The molecular formula is C15H30N2. The molecule has 0 aromatic rings. The van der Waals surface area contributed by atoms with E-state index in [1.165, 1.54) is 45.2 Å². The van der Waals surface area contributed by atoms with E-state index < -0.39 is 0 Å². The van der Waals surface area contributed by atoms with Crippen molar-refractivity contribution in [2.75, 3.05) is 13.1 Å². The fourth-order valence-corrected chi connectivity index (χ4v) is 3.81. The zero-order valence-corrected chi connectivity index (χ0v) is 12.2. The quantitative estimate of drug-likeness (QED) is 0.742. The van der Waals surface area contributed by atoms with Crippen LogP contribution in [0.5, 0.6) is 0 Å². The van der Waals surface area contributed by atoms with Gasteiger partial charge in [-0.25, -0.2) is 0 Å². The fourth-order valence-electron chi connectivity index (χ4n) is 3.81. The lowest BCUT2D eigenvalue weighted by Crippen LogP contribution is -2.38. The van der Waals surface area contributed by atoms with Crippen molar-refractivity contribution in [3.63, 3.8) is 0 Å². The summed E-state index contributed by atoms with van der Waals surface area (Å²) in [4.78, 5) is 5.43. The van der Waals surface area contributed by atoms with E-state index in [-0.39, 0.29) is 0 Å². The van der Waals surface area contributed by atoms with Crippen LogP contribution in [0, 0.1) is 0 Å². The van der Waals surface area contributed by atoms with Crippen molar-refractivity contribution in [1.82, 2.24) is 9.80 Å². The van der Waals surface area contributed by atoms with Crippen molar-refractivity contribution in [3.05, 3.63) is 0 Å². The van der Waals surface area contributed by atoms with E-state index in [1.54, 1.807) is 0 Å². The van der Waals surface area contributed by atoms with Crippen LogP contribution in [0.2, 0.25) is 0 Å². The molecule has 17 heavy (non-hydrogen) atoms. The molecule has 4 unspecified atom stereocenters. The molecule has 0 aliphatic carbocycles. The standard InChI is InChI=1S/C15H30N2/c1-12-6-7-13(2)16(12)10-5-11-17-14(3)8-9-15(17)4/h12-15H,5-11H2,1-4H3. The van der Waals surface area contributed by atoms with E-state index in [0.29, 0.717) is 0 Å². The molecule has 0 bridgehead atoms. The van der Waals surface area contributed by atoms with Crippen molar-refractivity contribution in [3.8, 4) is 0 Å². The third-order valence-corrected chi connectivity index (χ3v) is 5.10.